The van der Waals surface area contributed by atoms with Crippen LogP contribution < -0.4 is 14.8 Å². The van der Waals surface area contributed by atoms with E-state index in [-0.39, 0.29) is 43.7 Å². The van der Waals surface area contributed by atoms with Crippen LogP contribution in [0.25, 0.3) is 0 Å². The molecule has 194 valence electrons. The van der Waals surface area contributed by atoms with Crippen molar-refractivity contribution in [2.45, 2.75) is 56.9 Å². The van der Waals surface area contributed by atoms with Crippen molar-refractivity contribution in [2.24, 2.45) is 5.92 Å². The number of rotatable bonds is 7. The number of nitrogens with zero attached hydrogens (tertiary/aromatic N) is 2. The number of imide groups is 1. The summed E-state index contributed by atoms with van der Waals surface area (Å²) in [6, 6.07) is 14.5. The van der Waals surface area contributed by atoms with Crippen LogP contribution in [0.5, 0.6) is 11.5 Å². The number of amides is 4. The predicted molar refractivity (Wildman–Crippen MR) is 133 cm³/mol. The number of fused-ring (bicyclic) bond motifs is 4. The van der Waals surface area contributed by atoms with Crippen molar-refractivity contribution < 1.29 is 28.6 Å². The lowest BCUT2D eigenvalue weighted by Gasteiger charge is -2.43. The third-order valence-electron chi connectivity index (χ3n) is 7.88. The first kappa shape index (κ1) is 23.8. The largest absolute Gasteiger partial charge is 0.454 e. The number of urea groups is 1. The maximum absolute atomic E-state index is 13.7. The quantitative estimate of drug-likeness (QED) is 0.622. The minimum atomic E-state index is -0.719. The molecular weight excluding hydrogens is 474 g/mol. The monoisotopic (exact) mass is 505 g/mol. The zero-order valence-electron chi connectivity index (χ0n) is 20.6. The summed E-state index contributed by atoms with van der Waals surface area (Å²) in [6.45, 7) is 0.616. The highest BCUT2D eigenvalue weighted by atomic mass is 16.7. The number of nitrogens with one attached hydrogen (secondary N) is 1. The highest BCUT2D eigenvalue weighted by Crippen LogP contribution is 2.43. The standard InChI is InChI=1S/C28H31N3O6/c32-24(29-15-19-10-11-22-23(14-19)36-17-35-22)16-31-25-20-8-4-5-9-21(20)37-26(25)27(33)30(28(31)34)13-12-18-6-2-1-3-7-18/h1-3,6-7,10-11,14,20-21,25-26H,4-5,8-9,12-13,15-17H2,(H,29,32). The predicted octanol–water partition coefficient (Wildman–Crippen LogP) is 2.86. The van der Waals surface area contributed by atoms with E-state index in [9.17, 15) is 14.4 Å². The van der Waals surface area contributed by atoms with E-state index < -0.39 is 18.2 Å². The minimum Gasteiger partial charge on any atom is -0.454 e. The first-order valence-corrected chi connectivity index (χ1v) is 13.0. The molecule has 4 amide bonds. The van der Waals surface area contributed by atoms with Crippen molar-refractivity contribution in [2.75, 3.05) is 19.9 Å². The van der Waals surface area contributed by atoms with Crippen molar-refractivity contribution in [3.05, 3.63) is 59.7 Å². The van der Waals surface area contributed by atoms with Crippen LogP contribution in [0.1, 0.15) is 36.8 Å². The summed E-state index contributed by atoms with van der Waals surface area (Å²) in [4.78, 5) is 43.1. The second-order valence-corrected chi connectivity index (χ2v) is 10.1. The number of hydrogen-bond acceptors (Lipinski definition) is 6. The van der Waals surface area contributed by atoms with Gasteiger partial charge >= 0.3 is 6.03 Å². The molecule has 1 saturated carbocycles. The van der Waals surface area contributed by atoms with Crippen LogP contribution in [0.2, 0.25) is 0 Å². The summed E-state index contributed by atoms with van der Waals surface area (Å²) in [7, 11) is 0. The van der Waals surface area contributed by atoms with Gasteiger partial charge in [-0.05, 0) is 42.5 Å². The topological polar surface area (TPSA) is 97.4 Å². The Hall–Kier alpha value is -3.59. The lowest BCUT2D eigenvalue weighted by Crippen LogP contribution is -2.65. The highest BCUT2D eigenvalue weighted by Gasteiger charge is 2.57. The van der Waals surface area contributed by atoms with Gasteiger partial charge in [-0.25, -0.2) is 4.79 Å². The minimum absolute atomic E-state index is 0.0474. The van der Waals surface area contributed by atoms with Gasteiger partial charge in [-0.1, -0.05) is 49.2 Å². The van der Waals surface area contributed by atoms with Crippen LogP contribution in [0.15, 0.2) is 48.5 Å². The lowest BCUT2D eigenvalue weighted by molar-refractivity contribution is -0.147. The van der Waals surface area contributed by atoms with Crippen LogP contribution in [0.3, 0.4) is 0 Å². The second-order valence-electron chi connectivity index (χ2n) is 10.1. The van der Waals surface area contributed by atoms with E-state index in [1.165, 1.54) is 4.90 Å². The van der Waals surface area contributed by atoms with Gasteiger partial charge in [-0.3, -0.25) is 14.5 Å². The summed E-state index contributed by atoms with van der Waals surface area (Å²) in [5, 5.41) is 2.92. The molecular formula is C28H31N3O6. The SMILES string of the molecule is O=C(CN1C(=O)N(CCc2ccccc2)C(=O)C2OC3CCCCC3C21)NCc1ccc2c(c1)OCO2. The summed E-state index contributed by atoms with van der Waals surface area (Å²) in [5.74, 6) is 0.853. The second kappa shape index (κ2) is 10.0. The molecule has 9 heteroatoms. The molecule has 0 aromatic heterocycles. The molecule has 3 aliphatic heterocycles. The van der Waals surface area contributed by atoms with Gasteiger partial charge in [0, 0.05) is 19.0 Å². The van der Waals surface area contributed by atoms with Gasteiger partial charge in [0.15, 0.2) is 17.6 Å². The molecule has 1 N–H and O–H groups in total. The van der Waals surface area contributed by atoms with Crippen LogP contribution in [-0.4, -0.2) is 65.8 Å². The average molecular weight is 506 g/mol. The number of carbonyl (C=O) groups is 3. The normalized spacial score (nSPS) is 26.2. The van der Waals surface area contributed by atoms with Gasteiger partial charge in [-0.15, -0.1) is 0 Å². The van der Waals surface area contributed by atoms with E-state index in [0.717, 1.165) is 36.8 Å². The Kier molecular flexibility index (Phi) is 6.46. The first-order chi connectivity index (χ1) is 18.1. The fraction of sp³-hybridized carbons (Fsp3) is 0.464. The van der Waals surface area contributed by atoms with Crippen LogP contribution in [-0.2, 0) is 27.3 Å². The van der Waals surface area contributed by atoms with E-state index in [1.807, 2.05) is 48.5 Å². The van der Waals surface area contributed by atoms with Gasteiger partial charge in [0.1, 0.15) is 6.54 Å². The zero-order valence-corrected chi connectivity index (χ0v) is 20.6. The Balaban J connectivity index is 1.17. The molecule has 0 bridgehead atoms. The van der Waals surface area contributed by atoms with Gasteiger partial charge in [0.25, 0.3) is 5.91 Å². The highest BCUT2D eigenvalue weighted by molar-refractivity contribution is 6.01. The molecule has 9 nitrogen and oxygen atoms in total. The number of hydrogen-bond donors (Lipinski definition) is 1. The van der Waals surface area contributed by atoms with Crippen molar-refractivity contribution in [1.29, 1.82) is 0 Å². The number of carbonyl (C=O) groups excluding carboxylic acids is 3. The summed E-state index contributed by atoms with van der Waals surface area (Å²) < 4.78 is 17.0. The van der Waals surface area contributed by atoms with Crippen molar-refractivity contribution >= 4 is 17.8 Å². The molecule has 3 heterocycles. The molecule has 2 saturated heterocycles. The number of benzene rings is 2. The first-order valence-electron chi connectivity index (χ1n) is 13.0. The molecule has 0 radical (unpaired) electrons. The zero-order chi connectivity index (χ0) is 25.4. The molecule has 0 spiro atoms. The Morgan fingerprint density at radius 3 is 2.65 bits per heavy atom. The summed E-state index contributed by atoms with van der Waals surface area (Å²) >= 11 is 0. The molecule has 4 atom stereocenters. The lowest BCUT2D eigenvalue weighted by atomic mass is 9.81. The van der Waals surface area contributed by atoms with Gasteiger partial charge in [0.2, 0.25) is 12.7 Å². The fourth-order valence-electron chi connectivity index (χ4n) is 6.03. The van der Waals surface area contributed by atoms with E-state index in [0.29, 0.717) is 24.5 Å². The van der Waals surface area contributed by atoms with Gasteiger partial charge < -0.3 is 24.4 Å². The van der Waals surface area contributed by atoms with E-state index in [2.05, 4.69) is 5.32 Å². The Bertz CT molecular complexity index is 1190. The third kappa shape index (κ3) is 4.64. The smallest absolute Gasteiger partial charge is 0.327 e. The third-order valence-corrected chi connectivity index (χ3v) is 7.88. The molecule has 1 aliphatic carbocycles. The molecule has 4 aliphatic rings. The molecule has 37 heavy (non-hydrogen) atoms. The van der Waals surface area contributed by atoms with E-state index in [1.54, 1.807) is 4.90 Å². The van der Waals surface area contributed by atoms with Crippen molar-refractivity contribution in [1.82, 2.24) is 15.1 Å². The van der Waals surface area contributed by atoms with Crippen LogP contribution >= 0.6 is 0 Å². The van der Waals surface area contributed by atoms with Crippen LogP contribution in [0, 0.1) is 5.92 Å². The fourth-order valence-corrected chi connectivity index (χ4v) is 6.03. The molecule has 3 fully saturated rings. The number of ether oxygens (including phenoxy) is 3. The molecule has 2 aromatic rings. The van der Waals surface area contributed by atoms with Gasteiger partial charge in [-0.2, -0.15) is 0 Å². The summed E-state index contributed by atoms with van der Waals surface area (Å²) in [6.07, 6.45) is 3.65. The molecule has 4 unspecified atom stereocenters. The maximum atomic E-state index is 13.7. The van der Waals surface area contributed by atoms with Gasteiger partial charge in [0.05, 0.1) is 12.1 Å². The Morgan fingerprint density at radius 2 is 1.78 bits per heavy atom. The molecule has 2 aromatic carbocycles. The van der Waals surface area contributed by atoms with Crippen molar-refractivity contribution in [3.8, 4) is 11.5 Å². The molecule has 6 rings (SSSR count). The maximum Gasteiger partial charge on any atom is 0.327 e. The average Bonchev–Trinajstić information content (AvgIpc) is 3.55. The Labute approximate surface area is 215 Å². The Morgan fingerprint density at radius 1 is 0.973 bits per heavy atom. The van der Waals surface area contributed by atoms with Crippen molar-refractivity contribution in [3.63, 3.8) is 0 Å². The van der Waals surface area contributed by atoms with E-state index >= 15 is 0 Å². The summed E-state index contributed by atoms with van der Waals surface area (Å²) in [5.41, 5.74) is 1.91. The van der Waals surface area contributed by atoms with E-state index in [4.69, 9.17) is 14.2 Å². The van der Waals surface area contributed by atoms with Crippen LogP contribution in [0.4, 0.5) is 4.79 Å².